The smallest absolute Gasteiger partial charge is 0.243 e. The van der Waals surface area contributed by atoms with Crippen molar-refractivity contribution in [3.05, 3.63) is 0 Å². The van der Waals surface area contributed by atoms with Gasteiger partial charge in [0, 0.05) is 24.3 Å². The van der Waals surface area contributed by atoms with E-state index in [-0.39, 0.29) is 35.8 Å². The van der Waals surface area contributed by atoms with Gasteiger partial charge in [-0.2, -0.15) is 0 Å². The molecule has 0 aromatic rings. The molecular weight excluding hydrogens is 310 g/mol. The number of hydrogen-bond acceptors (Lipinski definition) is 4. The van der Waals surface area contributed by atoms with E-state index in [2.05, 4.69) is 5.32 Å². The maximum Gasteiger partial charge on any atom is 0.243 e. The summed E-state index contributed by atoms with van der Waals surface area (Å²) in [6, 6.07) is -0.336. The predicted molar refractivity (Wildman–Crippen MR) is 90.6 cm³/mol. The van der Waals surface area contributed by atoms with Gasteiger partial charge in [-0.3, -0.25) is 9.59 Å². The molecule has 0 aromatic carbocycles. The minimum Gasteiger partial charge on any atom is -0.352 e. The summed E-state index contributed by atoms with van der Waals surface area (Å²) in [6.45, 7) is 6.49. The van der Waals surface area contributed by atoms with Crippen molar-refractivity contribution < 1.29 is 9.59 Å². The molecule has 21 heavy (non-hydrogen) atoms. The van der Waals surface area contributed by atoms with Crippen molar-refractivity contribution in [3.8, 4) is 0 Å². The summed E-state index contributed by atoms with van der Waals surface area (Å²) in [6.07, 6.45) is 2.96. The summed E-state index contributed by atoms with van der Waals surface area (Å²) < 4.78 is 0. The van der Waals surface area contributed by atoms with Gasteiger partial charge in [0.25, 0.3) is 0 Å². The first-order valence-corrected chi connectivity index (χ1v) is 8.56. The first-order chi connectivity index (χ1) is 9.47. The Morgan fingerprint density at radius 1 is 1.33 bits per heavy atom. The number of nitrogens with two attached hydrogens (primary N) is 1. The molecule has 0 bridgehead atoms. The van der Waals surface area contributed by atoms with E-state index in [1.165, 1.54) is 0 Å². The molecule has 7 heteroatoms. The molecule has 3 N–H and O–H groups in total. The van der Waals surface area contributed by atoms with Gasteiger partial charge in [-0.15, -0.1) is 24.2 Å². The zero-order valence-corrected chi connectivity index (χ0v) is 14.8. The Balaban J connectivity index is 0.00000400. The van der Waals surface area contributed by atoms with E-state index in [4.69, 9.17) is 5.73 Å². The molecule has 1 heterocycles. The van der Waals surface area contributed by atoms with Crippen molar-refractivity contribution in [1.29, 1.82) is 0 Å². The highest BCUT2D eigenvalue weighted by Gasteiger charge is 2.34. The van der Waals surface area contributed by atoms with E-state index in [0.717, 1.165) is 19.3 Å². The average molecular weight is 338 g/mol. The van der Waals surface area contributed by atoms with E-state index in [1.54, 1.807) is 16.7 Å². The summed E-state index contributed by atoms with van der Waals surface area (Å²) in [5.74, 6) is 1.29. The number of nitrogens with zero attached hydrogens (tertiary/aromatic N) is 1. The standard InChI is InChI=1S/C14H27N3O2S.ClH/c1-4-7-12(18)17-10-20-8-11(17)13(19)16-9-14(15,5-2)6-3;/h11H,4-10,15H2,1-3H3,(H,16,19);1H. The lowest BCUT2D eigenvalue weighted by molar-refractivity contribution is -0.138. The Kier molecular flexibility index (Phi) is 9.33. The summed E-state index contributed by atoms with van der Waals surface area (Å²) >= 11 is 1.63. The molecule has 2 amide bonds. The Morgan fingerprint density at radius 3 is 2.48 bits per heavy atom. The van der Waals surface area contributed by atoms with Crippen LogP contribution in [-0.4, -0.2) is 46.5 Å². The highest BCUT2D eigenvalue weighted by Crippen LogP contribution is 2.22. The van der Waals surface area contributed by atoms with E-state index in [9.17, 15) is 9.59 Å². The van der Waals surface area contributed by atoms with Gasteiger partial charge in [0.05, 0.1) is 5.88 Å². The normalized spacial score (nSPS) is 18.3. The second-order valence-electron chi connectivity index (χ2n) is 5.42. The fraction of sp³-hybridized carbons (Fsp3) is 0.857. The minimum atomic E-state index is -0.348. The summed E-state index contributed by atoms with van der Waals surface area (Å²) in [5.41, 5.74) is 5.84. The van der Waals surface area contributed by atoms with Crippen molar-refractivity contribution in [2.24, 2.45) is 5.73 Å². The van der Waals surface area contributed by atoms with Crippen molar-refractivity contribution in [2.75, 3.05) is 18.2 Å². The molecule has 1 fully saturated rings. The van der Waals surface area contributed by atoms with Crippen LogP contribution < -0.4 is 11.1 Å². The molecule has 1 saturated heterocycles. The molecule has 0 saturated carbocycles. The third-order valence-corrected chi connectivity index (χ3v) is 5.00. The first kappa shape index (κ1) is 20.5. The molecule has 0 spiro atoms. The number of hydrogen-bond donors (Lipinski definition) is 2. The Bertz CT molecular complexity index is 351. The van der Waals surface area contributed by atoms with Crippen LogP contribution in [0.25, 0.3) is 0 Å². The van der Waals surface area contributed by atoms with Gasteiger partial charge in [0.2, 0.25) is 11.8 Å². The zero-order chi connectivity index (χ0) is 15.2. The first-order valence-electron chi connectivity index (χ1n) is 7.41. The Morgan fingerprint density at radius 2 is 1.95 bits per heavy atom. The monoisotopic (exact) mass is 337 g/mol. The predicted octanol–water partition coefficient (Wildman–Crippen LogP) is 1.74. The van der Waals surface area contributed by atoms with Gasteiger partial charge in [-0.1, -0.05) is 20.8 Å². The van der Waals surface area contributed by atoms with Gasteiger partial charge >= 0.3 is 0 Å². The van der Waals surface area contributed by atoms with E-state index < -0.39 is 0 Å². The summed E-state index contributed by atoms with van der Waals surface area (Å²) in [5, 5.41) is 2.92. The van der Waals surface area contributed by atoms with Crippen LogP contribution in [-0.2, 0) is 9.59 Å². The zero-order valence-electron chi connectivity index (χ0n) is 13.2. The maximum atomic E-state index is 12.3. The SMILES string of the molecule is CCCC(=O)N1CSCC1C(=O)NCC(N)(CC)CC.Cl. The van der Waals surface area contributed by atoms with E-state index in [0.29, 0.717) is 24.6 Å². The molecule has 1 rings (SSSR count). The number of nitrogens with one attached hydrogen (secondary N) is 1. The molecule has 124 valence electrons. The lowest BCUT2D eigenvalue weighted by atomic mass is 9.94. The van der Waals surface area contributed by atoms with Gasteiger partial charge in [-0.25, -0.2) is 0 Å². The van der Waals surface area contributed by atoms with Crippen molar-refractivity contribution in [3.63, 3.8) is 0 Å². The highest BCUT2D eigenvalue weighted by molar-refractivity contribution is 7.99. The second kappa shape index (κ2) is 9.54. The van der Waals surface area contributed by atoms with Crippen LogP contribution >= 0.6 is 24.2 Å². The van der Waals surface area contributed by atoms with Crippen molar-refractivity contribution in [1.82, 2.24) is 10.2 Å². The van der Waals surface area contributed by atoms with Crippen LogP contribution in [0.5, 0.6) is 0 Å². The number of amides is 2. The fourth-order valence-corrected chi connectivity index (χ4v) is 3.32. The number of carbonyl (C=O) groups excluding carboxylic acids is 2. The number of thioether (sulfide) groups is 1. The van der Waals surface area contributed by atoms with Crippen LogP contribution in [0.2, 0.25) is 0 Å². The van der Waals surface area contributed by atoms with Crippen LogP contribution in [0, 0.1) is 0 Å². The van der Waals surface area contributed by atoms with Gasteiger partial charge in [0.1, 0.15) is 6.04 Å². The molecule has 1 unspecified atom stereocenters. The number of rotatable bonds is 7. The summed E-state index contributed by atoms with van der Waals surface area (Å²) in [4.78, 5) is 25.9. The molecule has 1 atom stereocenters. The molecule has 1 aliphatic heterocycles. The third-order valence-electron chi connectivity index (χ3n) is 3.99. The van der Waals surface area contributed by atoms with Crippen LogP contribution in [0.1, 0.15) is 46.5 Å². The van der Waals surface area contributed by atoms with E-state index >= 15 is 0 Å². The Labute approximate surface area is 138 Å². The molecule has 5 nitrogen and oxygen atoms in total. The highest BCUT2D eigenvalue weighted by atomic mass is 35.5. The molecular formula is C14H28ClN3O2S. The van der Waals surface area contributed by atoms with Gasteiger partial charge in [-0.05, 0) is 19.3 Å². The molecule has 0 radical (unpaired) electrons. The average Bonchev–Trinajstić information content (AvgIpc) is 2.94. The molecule has 0 aliphatic carbocycles. The maximum absolute atomic E-state index is 12.3. The van der Waals surface area contributed by atoms with Gasteiger partial charge < -0.3 is 16.0 Å². The van der Waals surface area contributed by atoms with Gasteiger partial charge in [0.15, 0.2) is 0 Å². The molecule has 0 aromatic heterocycles. The summed E-state index contributed by atoms with van der Waals surface area (Å²) in [7, 11) is 0. The second-order valence-corrected chi connectivity index (χ2v) is 6.42. The van der Waals surface area contributed by atoms with E-state index in [1.807, 2.05) is 20.8 Å². The lowest BCUT2D eigenvalue weighted by Gasteiger charge is -2.29. The third kappa shape index (κ3) is 5.68. The number of carbonyl (C=O) groups is 2. The number of halogens is 1. The minimum absolute atomic E-state index is 0. The van der Waals surface area contributed by atoms with Crippen LogP contribution in [0.3, 0.4) is 0 Å². The van der Waals surface area contributed by atoms with Crippen molar-refractivity contribution >= 4 is 36.0 Å². The fourth-order valence-electron chi connectivity index (χ4n) is 2.14. The lowest BCUT2D eigenvalue weighted by Crippen LogP contribution is -2.54. The quantitative estimate of drug-likeness (QED) is 0.742. The topological polar surface area (TPSA) is 75.4 Å². The van der Waals surface area contributed by atoms with Crippen molar-refractivity contribution in [2.45, 2.75) is 58.0 Å². The van der Waals surface area contributed by atoms with Crippen LogP contribution in [0.4, 0.5) is 0 Å². The molecule has 1 aliphatic rings. The Hall–Kier alpha value is -0.460. The largest absolute Gasteiger partial charge is 0.352 e. The van der Waals surface area contributed by atoms with Crippen LogP contribution in [0.15, 0.2) is 0 Å².